The summed E-state index contributed by atoms with van der Waals surface area (Å²) in [5, 5.41) is 4.83. The van der Waals surface area contributed by atoms with Crippen molar-refractivity contribution in [1.82, 2.24) is 10.1 Å². The molecule has 0 fully saturated rings. The number of rotatable bonds is 7. The van der Waals surface area contributed by atoms with Crippen LogP contribution in [0.1, 0.15) is 11.3 Å². The fourth-order valence-corrected chi connectivity index (χ4v) is 3.45. The molecule has 30 heavy (non-hydrogen) atoms. The van der Waals surface area contributed by atoms with Gasteiger partial charge in [-0.2, -0.15) is 0 Å². The van der Waals surface area contributed by atoms with Gasteiger partial charge in [-0.1, -0.05) is 41.5 Å². The van der Waals surface area contributed by atoms with Crippen LogP contribution in [0.3, 0.4) is 0 Å². The molecular weight excluding hydrogens is 404 g/mol. The predicted molar refractivity (Wildman–Crippen MR) is 114 cm³/mol. The molecule has 0 saturated heterocycles. The van der Waals surface area contributed by atoms with Crippen molar-refractivity contribution in [2.45, 2.75) is 13.0 Å². The number of para-hydroxylation sites is 2. The molecule has 0 N–H and O–H groups in total. The molecule has 3 aromatic rings. The van der Waals surface area contributed by atoms with E-state index in [0.29, 0.717) is 48.4 Å². The second-order valence-corrected chi connectivity index (χ2v) is 7.28. The zero-order valence-electron chi connectivity index (χ0n) is 16.3. The molecule has 0 spiro atoms. The average molecular weight is 425 g/mol. The zero-order valence-corrected chi connectivity index (χ0v) is 17.1. The van der Waals surface area contributed by atoms with E-state index in [4.69, 9.17) is 25.6 Å². The highest BCUT2D eigenvalue weighted by atomic mass is 35.5. The summed E-state index contributed by atoms with van der Waals surface area (Å²) in [6, 6.07) is 14.6. The van der Waals surface area contributed by atoms with Gasteiger partial charge in [-0.15, -0.1) is 0 Å². The Morgan fingerprint density at radius 2 is 1.90 bits per heavy atom. The van der Waals surface area contributed by atoms with Crippen molar-refractivity contribution in [3.05, 3.63) is 77.5 Å². The SMILES string of the molecule is C=CCOc1ccccc1OCC(=O)N1CCc2noc(-c3ccc(Cl)cc3)c2C1. The van der Waals surface area contributed by atoms with Crippen LogP contribution in [0.5, 0.6) is 11.5 Å². The van der Waals surface area contributed by atoms with Gasteiger partial charge in [-0.05, 0) is 36.4 Å². The predicted octanol–water partition coefficient (Wildman–Crippen LogP) is 4.52. The fourth-order valence-electron chi connectivity index (χ4n) is 3.32. The second-order valence-electron chi connectivity index (χ2n) is 6.84. The first-order valence-electron chi connectivity index (χ1n) is 9.62. The third-order valence-corrected chi connectivity index (χ3v) is 5.11. The number of halogens is 1. The van der Waals surface area contributed by atoms with Crippen LogP contribution in [-0.2, 0) is 17.8 Å². The van der Waals surface area contributed by atoms with E-state index in [0.717, 1.165) is 16.8 Å². The Morgan fingerprint density at radius 1 is 1.17 bits per heavy atom. The van der Waals surface area contributed by atoms with Crippen molar-refractivity contribution >= 4 is 17.5 Å². The molecule has 0 bridgehead atoms. The minimum atomic E-state index is -0.109. The van der Waals surface area contributed by atoms with Crippen LogP contribution in [0.15, 0.2) is 65.7 Å². The van der Waals surface area contributed by atoms with Gasteiger partial charge in [0.25, 0.3) is 5.91 Å². The van der Waals surface area contributed by atoms with Crippen molar-refractivity contribution in [3.63, 3.8) is 0 Å². The van der Waals surface area contributed by atoms with E-state index in [1.54, 1.807) is 35.2 Å². The molecule has 6 nitrogen and oxygen atoms in total. The van der Waals surface area contributed by atoms with E-state index >= 15 is 0 Å². The van der Waals surface area contributed by atoms with Gasteiger partial charge in [-0.25, -0.2) is 0 Å². The zero-order chi connectivity index (χ0) is 20.9. The van der Waals surface area contributed by atoms with E-state index in [1.165, 1.54) is 0 Å². The Balaban J connectivity index is 1.44. The number of benzene rings is 2. The third kappa shape index (κ3) is 4.33. The summed E-state index contributed by atoms with van der Waals surface area (Å²) in [4.78, 5) is 14.6. The van der Waals surface area contributed by atoms with Gasteiger partial charge in [0, 0.05) is 29.1 Å². The standard InChI is InChI=1S/C23H21ClN2O4/c1-2-13-28-20-5-3-4-6-21(20)29-15-22(27)26-12-11-19-18(14-26)23(30-25-19)16-7-9-17(24)10-8-16/h2-10H,1,11-15H2. The number of aromatic nitrogens is 1. The van der Waals surface area contributed by atoms with Crippen molar-refractivity contribution in [2.75, 3.05) is 19.8 Å². The molecule has 1 amide bonds. The lowest BCUT2D eigenvalue weighted by Crippen LogP contribution is -2.38. The van der Waals surface area contributed by atoms with E-state index in [2.05, 4.69) is 11.7 Å². The molecule has 0 unspecified atom stereocenters. The van der Waals surface area contributed by atoms with E-state index < -0.39 is 0 Å². The number of fused-ring (bicyclic) bond motifs is 1. The lowest BCUT2D eigenvalue weighted by atomic mass is 10.0. The van der Waals surface area contributed by atoms with E-state index in [1.807, 2.05) is 24.3 Å². The topological polar surface area (TPSA) is 64.8 Å². The van der Waals surface area contributed by atoms with E-state index in [9.17, 15) is 4.79 Å². The molecular formula is C23H21ClN2O4. The molecule has 1 aliphatic rings. The molecule has 2 aromatic carbocycles. The second kappa shape index (κ2) is 9.05. The molecule has 154 valence electrons. The largest absolute Gasteiger partial charge is 0.486 e. The lowest BCUT2D eigenvalue weighted by Gasteiger charge is -2.26. The van der Waals surface area contributed by atoms with Crippen LogP contribution >= 0.6 is 11.6 Å². The highest BCUT2D eigenvalue weighted by Crippen LogP contribution is 2.31. The van der Waals surface area contributed by atoms with Crippen molar-refractivity contribution in [3.8, 4) is 22.8 Å². The van der Waals surface area contributed by atoms with Gasteiger partial charge < -0.3 is 18.9 Å². The van der Waals surface area contributed by atoms with Gasteiger partial charge in [0.1, 0.15) is 6.61 Å². The highest BCUT2D eigenvalue weighted by molar-refractivity contribution is 6.30. The molecule has 0 atom stereocenters. The van der Waals surface area contributed by atoms with Crippen LogP contribution in [0.2, 0.25) is 5.02 Å². The highest BCUT2D eigenvalue weighted by Gasteiger charge is 2.27. The third-order valence-electron chi connectivity index (χ3n) is 4.85. The normalized spacial score (nSPS) is 12.9. The Hall–Kier alpha value is -3.25. The van der Waals surface area contributed by atoms with Crippen molar-refractivity contribution in [1.29, 1.82) is 0 Å². The molecule has 2 heterocycles. The summed E-state index contributed by atoms with van der Waals surface area (Å²) in [5.41, 5.74) is 2.69. The Bertz CT molecular complexity index is 1050. The molecule has 7 heteroatoms. The minimum absolute atomic E-state index is 0.0780. The first-order valence-corrected chi connectivity index (χ1v) is 10.00. The van der Waals surface area contributed by atoms with Gasteiger partial charge in [0.15, 0.2) is 23.9 Å². The van der Waals surface area contributed by atoms with Gasteiger partial charge in [0.2, 0.25) is 0 Å². The Morgan fingerprint density at radius 3 is 2.63 bits per heavy atom. The Labute approximate surface area is 179 Å². The molecule has 4 rings (SSSR count). The quantitative estimate of drug-likeness (QED) is 0.521. The van der Waals surface area contributed by atoms with Crippen LogP contribution in [0.25, 0.3) is 11.3 Å². The van der Waals surface area contributed by atoms with Crippen molar-refractivity contribution in [2.24, 2.45) is 0 Å². The Kier molecular flexibility index (Phi) is 6.05. The number of hydrogen-bond acceptors (Lipinski definition) is 5. The maximum absolute atomic E-state index is 12.8. The number of carbonyl (C=O) groups is 1. The molecule has 0 aliphatic carbocycles. The number of carbonyl (C=O) groups excluding carboxylic acids is 1. The summed E-state index contributed by atoms with van der Waals surface area (Å²) in [6.45, 7) is 4.92. The maximum atomic E-state index is 12.8. The lowest BCUT2D eigenvalue weighted by molar-refractivity contribution is -0.134. The van der Waals surface area contributed by atoms with Gasteiger partial charge >= 0.3 is 0 Å². The average Bonchev–Trinajstić information content (AvgIpc) is 3.20. The molecule has 1 aliphatic heterocycles. The summed E-state index contributed by atoms with van der Waals surface area (Å²) in [6.07, 6.45) is 2.29. The smallest absolute Gasteiger partial charge is 0.260 e. The summed E-state index contributed by atoms with van der Waals surface area (Å²) >= 11 is 5.98. The molecule has 0 saturated carbocycles. The van der Waals surface area contributed by atoms with Crippen LogP contribution < -0.4 is 9.47 Å². The van der Waals surface area contributed by atoms with Crippen molar-refractivity contribution < 1.29 is 18.8 Å². The number of amides is 1. The summed E-state index contributed by atoms with van der Waals surface area (Å²) in [7, 11) is 0. The van der Waals surface area contributed by atoms with Crippen LogP contribution in [-0.4, -0.2) is 35.7 Å². The first-order chi connectivity index (χ1) is 14.7. The number of nitrogens with zero attached hydrogens (tertiary/aromatic N) is 2. The summed E-state index contributed by atoms with van der Waals surface area (Å²) < 4.78 is 16.9. The summed E-state index contributed by atoms with van der Waals surface area (Å²) in [5.74, 6) is 1.66. The monoisotopic (exact) mass is 424 g/mol. The fraction of sp³-hybridized carbons (Fsp3) is 0.217. The van der Waals surface area contributed by atoms with Gasteiger partial charge in [-0.3, -0.25) is 4.79 Å². The minimum Gasteiger partial charge on any atom is -0.486 e. The number of ether oxygens (including phenoxy) is 2. The number of hydrogen-bond donors (Lipinski definition) is 0. The van der Waals surface area contributed by atoms with Crippen LogP contribution in [0, 0.1) is 0 Å². The molecule has 1 aromatic heterocycles. The molecule has 0 radical (unpaired) electrons. The van der Waals surface area contributed by atoms with Crippen LogP contribution in [0.4, 0.5) is 0 Å². The maximum Gasteiger partial charge on any atom is 0.260 e. The first kappa shape index (κ1) is 20.0. The van der Waals surface area contributed by atoms with E-state index in [-0.39, 0.29) is 12.5 Å². The van der Waals surface area contributed by atoms with Gasteiger partial charge in [0.05, 0.1) is 12.2 Å².